The third kappa shape index (κ3) is 18.8. The number of benzene rings is 8. The van der Waals surface area contributed by atoms with E-state index in [0.29, 0.717) is 31.5 Å². The maximum atomic E-state index is 7.70. The molecule has 0 aliphatic carbocycles. The molecule has 0 atom stereocenters. The van der Waals surface area contributed by atoms with Crippen LogP contribution in [0.2, 0.25) is 0 Å². The van der Waals surface area contributed by atoms with Crippen molar-refractivity contribution in [1.29, 1.82) is 0 Å². The molecule has 0 radical (unpaired) electrons. The van der Waals surface area contributed by atoms with Crippen LogP contribution in [0.15, 0.2) is 268 Å². The van der Waals surface area contributed by atoms with Crippen LogP contribution >= 0.6 is 0 Å². The van der Waals surface area contributed by atoms with Gasteiger partial charge in [-0.05, 0) is 153 Å². The van der Waals surface area contributed by atoms with Crippen molar-refractivity contribution in [2.75, 3.05) is 98.4 Å². The summed E-state index contributed by atoms with van der Waals surface area (Å²) in [6, 6.07) is 76.8. The Morgan fingerprint density at radius 2 is 0.564 bits per heavy atom. The molecule has 101 heavy (non-hydrogen) atoms. The number of aryl methyl sites for hydroxylation is 5. The van der Waals surface area contributed by atoms with Crippen molar-refractivity contribution in [2.45, 2.75) is 104 Å². The lowest BCUT2D eigenvalue weighted by molar-refractivity contribution is 0.495. The highest BCUT2D eigenvalue weighted by Crippen LogP contribution is 2.45. The van der Waals surface area contributed by atoms with Gasteiger partial charge in [-0.25, -0.2) is 19.9 Å². The average Bonchev–Trinajstić information content (AvgIpc) is 1.63. The fourth-order valence-electron chi connectivity index (χ4n) is 11.7. The highest BCUT2D eigenvalue weighted by molar-refractivity contribution is 5.87. The Kier molecular flexibility index (Phi) is 25.2. The fourth-order valence-corrected chi connectivity index (χ4v) is 11.7. The maximum absolute atomic E-state index is 7.70. The molecular weight excluding hydrogens is 1240 g/mol. The molecule has 14 nitrogen and oxygen atoms in total. The largest absolute Gasteiger partial charge is 0.361 e. The summed E-state index contributed by atoms with van der Waals surface area (Å²) in [6.45, 7) is 26.5. The third-order valence-electron chi connectivity index (χ3n) is 16.3. The van der Waals surface area contributed by atoms with Crippen LogP contribution in [0.25, 0.3) is 0 Å². The van der Waals surface area contributed by atoms with Gasteiger partial charge in [0, 0.05) is 110 Å². The number of nitrogens with zero attached hydrogens (tertiary/aromatic N) is 14. The minimum Gasteiger partial charge on any atom is -0.361 e. The first-order valence-corrected chi connectivity index (χ1v) is 35.2. The van der Waals surface area contributed by atoms with Crippen molar-refractivity contribution in [3.05, 3.63) is 296 Å². The van der Waals surface area contributed by atoms with E-state index in [4.69, 9.17) is 12.3 Å². The van der Waals surface area contributed by atoms with Crippen LogP contribution in [0.3, 0.4) is 0 Å². The van der Waals surface area contributed by atoms with E-state index < -0.39 is 20.9 Å². The quantitative estimate of drug-likeness (QED) is 0.152. The SMILES string of the molecule is CC.CC.CC.CC.CC.Cc1ccccc1N1CN(c2ccccc2)c2ncccc21.Cc1ccccc1N1CN(c2ccccc2)c2nccnc21.[2H]C([2H])([2H])N1C=CN(c2ccccc2C)C1.[2H]C([2H])([2H])N1CN(c2ccccc2C)c2ccccc21.[2H]C([2H])([2H])N1CN(c2ccccc2C)c2ncccc21. The minimum absolute atomic E-state index is 0.285. The van der Waals surface area contributed by atoms with Crippen LogP contribution in [0, 0.1) is 34.6 Å². The molecule has 3 aromatic heterocycles. The highest BCUT2D eigenvalue weighted by Gasteiger charge is 2.33. The van der Waals surface area contributed by atoms with Gasteiger partial charge in [-0.1, -0.05) is 209 Å². The number of fused-ring (bicyclic) bond motifs is 4. The van der Waals surface area contributed by atoms with E-state index in [-0.39, 0.29) is 6.67 Å². The number of aromatic nitrogens is 4. The number of para-hydroxylation sites is 9. The molecule has 526 valence electrons. The van der Waals surface area contributed by atoms with Crippen molar-refractivity contribution in [3.63, 3.8) is 0 Å². The minimum atomic E-state index is -2.17. The molecule has 5 aliphatic rings. The highest BCUT2D eigenvalue weighted by atomic mass is 15.4. The van der Waals surface area contributed by atoms with Crippen LogP contribution in [-0.2, 0) is 0 Å². The second-order valence-electron chi connectivity index (χ2n) is 22.4. The average molecular weight is 1360 g/mol. The lowest BCUT2D eigenvalue weighted by Gasteiger charge is -2.22. The first-order valence-electron chi connectivity index (χ1n) is 39.7. The molecule has 0 fully saturated rings. The van der Waals surface area contributed by atoms with Crippen LogP contribution < -0.4 is 44.1 Å². The third-order valence-corrected chi connectivity index (χ3v) is 16.3. The normalized spacial score (nSPS) is 14.5. The molecule has 8 heterocycles. The Labute approximate surface area is 618 Å². The monoisotopic (exact) mass is 1360 g/mol. The van der Waals surface area contributed by atoms with Gasteiger partial charge in [0.25, 0.3) is 0 Å². The maximum Gasteiger partial charge on any atom is 0.178 e. The number of anilines is 15. The van der Waals surface area contributed by atoms with Gasteiger partial charge in [0.15, 0.2) is 23.3 Å². The Bertz CT molecular complexity index is 4390. The summed E-state index contributed by atoms with van der Waals surface area (Å²) in [5.74, 6) is 3.51. The molecule has 5 aliphatic heterocycles. The van der Waals surface area contributed by atoms with Crippen molar-refractivity contribution >= 4 is 85.8 Å². The number of hydrogen-bond donors (Lipinski definition) is 0. The van der Waals surface area contributed by atoms with E-state index in [2.05, 4.69) is 149 Å². The summed E-state index contributed by atoms with van der Waals surface area (Å²) in [4.78, 5) is 37.2. The first kappa shape index (κ1) is 64.5. The Balaban J connectivity index is 0.000000186. The van der Waals surface area contributed by atoms with Crippen molar-refractivity contribution in [3.8, 4) is 0 Å². The molecule has 0 unspecified atom stereocenters. The molecule has 0 saturated carbocycles. The van der Waals surface area contributed by atoms with E-state index in [1.807, 2.05) is 233 Å². The summed E-state index contributed by atoms with van der Waals surface area (Å²) in [5.41, 5.74) is 17.1. The van der Waals surface area contributed by atoms with Gasteiger partial charge < -0.3 is 49.0 Å². The van der Waals surface area contributed by atoms with E-state index >= 15 is 0 Å². The van der Waals surface area contributed by atoms with Crippen LogP contribution in [0.4, 0.5) is 85.8 Å². The summed E-state index contributed by atoms with van der Waals surface area (Å²) >= 11 is 0. The molecule has 0 N–H and O–H groups in total. The summed E-state index contributed by atoms with van der Waals surface area (Å²) in [6.07, 6.45) is 10.5. The number of hydrogen-bond acceptors (Lipinski definition) is 14. The smallest absolute Gasteiger partial charge is 0.178 e. The molecule has 8 aromatic carbocycles. The zero-order valence-electron chi connectivity index (χ0n) is 70.7. The molecule has 0 amide bonds. The molecule has 0 saturated heterocycles. The van der Waals surface area contributed by atoms with E-state index in [1.54, 1.807) is 43.1 Å². The topological polar surface area (TPSA) is 84.0 Å². The molecule has 0 bridgehead atoms. The molecule has 0 spiro atoms. The summed E-state index contributed by atoms with van der Waals surface area (Å²) < 4.78 is 68.1. The zero-order valence-corrected chi connectivity index (χ0v) is 61.7. The van der Waals surface area contributed by atoms with Gasteiger partial charge in [0.2, 0.25) is 0 Å². The lowest BCUT2D eigenvalue weighted by Crippen LogP contribution is -2.24. The Hall–Kier alpha value is -11.1. The first-order chi connectivity index (χ1) is 53.1. The molecule has 11 aromatic rings. The van der Waals surface area contributed by atoms with Crippen LogP contribution in [-0.4, -0.2) is 79.1 Å². The predicted molar refractivity (Wildman–Crippen MR) is 436 cm³/mol. The second-order valence-corrected chi connectivity index (χ2v) is 22.4. The predicted octanol–water partition coefficient (Wildman–Crippen LogP) is 22.5. The van der Waals surface area contributed by atoms with Crippen molar-refractivity contribution in [2.24, 2.45) is 0 Å². The fraction of sp³-hybridized carbons (Fsp3) is 0.264. The number of rotatable bonds is 7. The van der Waals surface area contributed by atoms with Gasteiger partial charge in [-0.15, -0.1) is 0 Å². The second kappa shape index (κ2) is 39.5. The summed E-state index contributed by atoms with van der Waals surface area (Å²) in [7, 11) is 0. The summed E-state index contributed by atoms with van der Waals surface area (Å²) in [5, 5.41) is 0. The standard InChI is InChI=1S/C19H17N3.C18H16N4.C15H16N2.C14H15N3.C11H14N2.5C2H6/c1-15-8-5-6-11-17(15)22-14-21(16-9-3-2-4-10-16)19-18(22)12-7-13-20-19;1-14-7-5-6-10-16(14)22-13-21(15-8-3-2-4-9-15)17-18(22)20-12-11-19-17;1-12-7-3-4-8-13(12)17-11-16(2)14-9-5-6-10-15(14)17;1-11-6-3-4-7-12(11)17-10-16(2)13-8-5-9-15-14(13)17;1-10-5-3-4-6-11(10)13-8-7-12(2)9-13;5*1-2/h2-13H,14H2,1H3;2-12H,13H2,1H3;3-10H,11H2,1-2H3;3-9H,10H2,1-2H3;3-8H,9H2,1-2H3;5*1-2H3/i;;3*2D3;;;;;. The van der Waals surface area contributed by atoms with Crippen LogP contribution in [0.1, 0.15) is 109 Å². The van der Waals surface area contributed by atoms with Crippen molar-refractivity contribution < 1.29 is 12.3 Å². The van der Waals surface area contributed by atoms with Crippen LogP contribution in [0.5, 0.6) is 0 Å². The zero-order chi connectivity index (χ0) is 80.3. The molecule has 16 rings (SSSR count). The molecule has 14 heteroatoms. The van der Waals surface area contributed by atoms with Gasteiger partial charge in [-0.3, -0.25) is 0 Å². The number of pyridine rings is 2. The van der Waals surface area contributed by atoms with Gasteiger partial charge in [-0.2, -0.15) is 0 Å². The Morgan fingerprint density at radius 3 is 1.01 bits per heavy atom. The van der Waals surface area contributed by atoms with Gasteiger partial charge in [0.1, 0.15) is 13.3 Å². The van der Waals surface area contributed by atoms with Gasteiger partial charge >= 0.3 is 0 Å². The van der Waals surface area contributed by atoms with Crippen molar-refractivity contribution in [1.82, 2.24) is 24.8 Å². The van der Waals surface area contributed by atoms with E-state index in [1.165, 1.54) is 42.9 Å². The Morgan fingerprint density at radius 1 is 0.248 bits per heavy atom. The van der Waals surface area contributed by atoms with Gasteiger partial charge in [0.05, 0.1) is 42.8 Å². The molecular formula is C87H108N14. The lowest BCUT2D eigenvalue weighted by atomic mass is 10.1. The van der Waals surface area contributed by atoms with E-state index in [0.717, 1.165) is 80.6 Å². The van der Waals surface area contributed by atoms with E-state index in [9.17, 15) is 0 Å².